The van der Waals surface area contributed by atoms with Crippen LogP contribution in [0.2, 0.25) is 0 Å². The molecule has 1 aromatic carbocycles. The van der Waals surface area contributed by atoms with Crippen molar-refractivity contribution in [3.63, 3.8) is 0 Å². The first-order valence-corrected chi connectivity index (χ1v) is 7.27. The number of methoxy groups -OCH3 is 2. The smallest absolute Gasteiger partial charge is 0.422 e. The van der Waals surface area contributed by atoms with E-state index in [-0.39, 0.29) is 5.57 Å². The number of hydrogen-bond donors (Lipinski definition) is 1. The van der Waals surface area contributed by atoms with Crippen molar-refractivity contribution in [3.05, 3.63) is 59.2 Å². The van der Waals surface area contributed by atoms with Crippen molar-refractivity contribution < 1.29 is 41.7 Å². The maximum Gasteiger partial charge on any atom is 0.422 e. The Morgan fingerprint density at radius 1 is 1.07 bits per heavy atom. The van der Waals surface area contributed by atoms with Crippen molar-refractivity contribution in [3.8, 4) is 5.75 Å². The molecule has 27 heavy (non-hydrogen) atoms. The molecule has 0 atom stereocenters. The van der Waals surface area contributed by atoms with Gasteiger partial charge >= 0.3 is 18.1 Å². The van der Waals surface area contributed by atoms with E-state index in [0.717, 1.165) is 31.4 Å². The third-order valence-corrected chi connectivity index (χ3v) is 3.54. The number of nitrogens with zero attached hydrogens (tertiary/aromatic N) is 1. The van der Waals surface area contributed by atoms with Gasteiger partial charge in [-0.1, -0.05) is 6.08 Å². The number of allylic oxidation sites excluding steroid dienone is 2. The average molecular weight is 387 g/mol. The second-order valence-electron chi connectivity index (χ2n) is 5.10. The van der Waals surface area contributed by atoms with E-state index >= 15 is 0 Å². The molecule has 1 aliphatic rings. The number of aromatic hydroxyl groups is 1. The molecular weight excluding hydrogens is 374 g/mol. The number of carbonyl (C=O) groups is 2. The summed E-state index contributed by atoms with van der Waals surface area (Å²) in [6.07, 6.45) is -0.306. The fraction of sp³-hybridized carbons (Fsp3) is 0.176. The summed E-state index contributed by atoms with van der Waals surface area (Å²) in [5.41, 5.74) is -3.36. The first-order chi connectivity index (χ1) is 12.6. The molecule has 0 unspecified atom stereocenters. The Morgan fingerprint density at radius 2 is 1.70 bits per heavy atom. The molecule has 0 saturated heterocycles. The standard InChI is InChI=1S/C17H13F4NO5/c1-26-15(24)9-5-3-4-8-22(13(9)16(25)27-2)11-7-6-10(18)12(14(11)23)17(19,20)21/h3-8,23H,1-2H3. The molecule has 2 rings (SSSR count). The predicted octanol–water partition coefficient (Wildman–Crippen LogP) is 3.04. The Labute approximate surface area is 150 Å². The number of halogens is 4. The number of benzene rings is 1. The van der Waals surface area contributed by atoms with Crippen LogP contribution in [0.3, 0.4) is 0 Å². The highest BCUT2D eigenvalue weighted by atomic mass is 19.4. The van der Waals surface area contributed by atoms with Crippen molar-refractivity contribution in [1.82, 2.24) is 0 Å². The van der Waals surface area contributed by atoms with Gasteiger partial charge in [0.1, 0.15) is 17.1 Å². The number of hydrogen-bond acceptors (Lipinski definition) is 6. The maximum atomic E-state index is 13.6. The van der Waals surface area contributed by atoms with E-state index in [4.69, 9.17) is 0 Å². The molecule has 0 amide bonds. The van der Waals surface area contributed by atoms with Gasteiger partial charge in [-0.05, 0) is 24.3 Å². The van der Waals surface area contributed by atoms with E-state index in [1.165, 1.54) is 18.2 Å². The highest BCUT2D eigenvalue weighted by Crippen LogP contribution is 2.44. The van der Waals surface area contributed by atoms with E-state index in [2.05, 4.69) is 9.47 Å². The van der Waals surface area contributed by atoms with Gasteiger partial charge in [0.25, 0.3) is 0 Å². The number of anilines is 1. The lowest BCUT2D eigenvalue weighted by molar-refractivity contribution is -0.141. The Kier molecular flexibility index (Phi) is 5.58. The molecule has 1 N–H and O–H groups in total. The summed E-state index contributed by atoms with van der Waals surface area (Å²) >= 11 is 0. The molecule has 0 aromatic heterocycles. The van der Waals surface area contributed by atoms with Crippen LogP contribution in [-0.4, -0.2) is 31.3 Å². The lowest BCUT2D eigenvalue weighted by atomic mass is 10.1. The van der Waals surface area contributed by atoms with Gasteiger partial charge in [0.05, 0.1) is 25.5 Å². The van der Waals surface area contributed by atoms with Crippen molar-refractivity contribution in [2.24, 2.45) is 0 Å². The molecule has 1 aromatic rings. The molecule has 10 heteroatoms. The van der Waals surface area contributed by atoms with Gasteiger partial charge in [0, 0.05) is 6.20 Å². The minimum absolute atomic E-state index is 0.341. The van der Waals surface area contributed by atoms with Crippen LogP contribution in [0.25, 0.3) is 0 Å². The fourth-order valence-corrected chi connectivity index (χ4v) is 2.37. The summed E-state index contributed by atoms with van der Waals surface area (Å²) in [6, 6.07) is 1.31. The van der Waals surface area contributed by atoms with Gasteiger partial charge in [-0.15, -0.1) is 0 Å². The zero-order valence-corrected chi connectivity index (χ0v) is 14.0. The average Bonchev–Trinajstić information content (AvgIpc) is 2.82. The van der Waals surface area contributed by atoms with Gasteiger partial charge in [-0.25, -0.2) is 14.0 Å². The van der Waals surface area contributed by atoms with Gasteiger partial charge in [-0.2, -0.15) is 13.2 Å². The molecule has 144 valence electrons. The molecule has 0 radical (unpaired) electrons. The minimum atomic E-state index is -5.20. The number of rotatable bonds is 3. The lowest BCUT2D eigenvalue weighted by Crippen LogP contribution is -2.27. The van der Waals surface area contributed by atoms with Crippen LogP contribution < -0.4 is 4.90 Å². The van der Waals surface area contributed by atoms with Crippen molar-refractivity contribution >= 4 is 17.6 Å². The number of esters is 2. The monoisotopic (exact) mass is 387 g/mol. The van der Waals surface area contributed by atoms with Gasteiger partial charge < -0.3 is 19.5 Å². The van der Waals surface area contributed by atoms with Crippen LogP contribution in [0.4, 0.5) is 23.2 Å². The topological polar surface area (TPSA) is 76.1 Å². The van der Waals surface area contributed by atoms with E-state index in [9.17, 15) is 32.3 Å². The summed E-state index contributed by atoms with van der Waals surface area (Å²) in [7, 11) is 2.03. The molecule has 1 heterocycles. The largest absolute Gasteiger partial charge is 0.505 e. The SMILES string of the molecule is COC(=O)C1=C(C(=O)OC)N(c2ccc(F)c(C(F)(F)F)c2O)C=CC=C1. The molecule has 0 aliphatic carbocycles. The predicted molar refractivity (Wildman–Crippen MR) is 84.9 cm³/mol. The molecule has 6 nitrogen and oxygen atoms in total. The summed E-state index contributed by atoms with van der Waals surface area (Å²) in [5, 5.41) is 10.1. The Morgan fingerprint density at radius 3 is 2.26 bits per heavy atom. The van der Waals surface area contributed by atoms with Gasteiger partial charge in [-0.3, -0.25) is 0 Å². The normalized spacial score (nSPS) is 14.2. The highest BCUT2D eigenvalue weighted by Gasteiger charge is 2.40. The Bertz CT molecular complexity index is 871. The quantitative estimate of drug-likeness (QED) is 0.635. The summed E-state index contributed by atoms with van der Waals surface area (Å²) in [6.45, 7) is 0. The lowest BCUT2D eigenvalue weighted by Gasteiger charge is -2.25. The van der Waals surface area contributed by atoms with Crippen LogP contribution in [-0.2, 0) is 25.2 Å². The van der Waals surface area contributed by atoms with Crippen LogP contribution in [0.1, 0.15) is 5.56 Å². The zero-order valence-electron chi connectivity index (χ0n) is 14.0. The molecule has 0 saturated carbocycles. The molecule has 0 fully saturated rings. The van der Waals surface area contributed by atoms with Gasteiger partial charge in [0.15, 0.2) is 5.75 Å². The molecule has 0 spiro atoms. The Hall–Kier alpha value is -3.30. The molecule has 1 aliphatic heterocycles. The second-order valence-corrected chi connectivity index (χ2v) is 5.10. The van der Waals surface area contributed by atoms with Crippen LogP contribution in [0, 0.1) is 5.82 Å². The van der Waals surface area contributed by atoms with Crippen LogP contribution >= 0.6 is 0 Å². The number of ether oxygens (including phenoxy) is 2. The van der Waals surface area contributed by atoms with Gasteiger partial charge in [0.2, 0.25) is 0 Å². The third kappa shape index (κ3) is 3.78. The van der Waals surface area contributed by atoms with E-state index in [1.54, 1.807) is 0 Å². The number of phenolic OH excluding ortho intramolecular Hbond substituents is 1. The number of alkyl halides is 3. The summed E-state index contributed by atoms with van der Waals surface area (Å²) < 4.78 is 62.1. The molecule has 0 bridgehead atoms. The number of phenols is 1. The van der Waals surface area contributed by atoms with E-state index in [1.807, 2.05) is 0 Å². The first kappa shape index (κ1) is 20.0. The summed E-state index contributed by atoms with van der Waals surface area (Å²) in [5.74, 6) is -5.22. The fourth-order valence-electron chi connectivity index (χ4n) is 2.37. The van der Waals surface area contributed by atoms with Crippen LogP contribution in [0.15, 0.2) is 47.8 Å². The summed E-state index contributed by atoms with van der Waals surface area (Å²) in [4.78, 5) is 25.0. The van der Waals surface area contributed by atoms with Crippen LogP contribution in [0.5, 0.6) is 5.75 Å². The zero-order chi connectivity index (χ0) is 20.4. The second kappa shape index (κ2) is 7.52. The third-order valence-electron chi connectivity index (χ3n) is 3.54. The Balaban J connectivity index is 2.79. The first-order valence-electron chi connectivity index (χ1n) is 7.27. The maximum absolute atomic E-state index is 13.6. The molecular formula is C17H13F4NO5. The van der Waals surface area contributed by atoms with E-state index in [0.29, 0.717) is 6.07 Å². The minimum Gasteiger partial charge on any atom is -0.505 e. The van der Waals surface area contributed by atoms with Crippen molar-refractivity contribution in [2.45, 2.75) is 6.18 Å². The highest BCUT2D eigenvalue weighted by molar-refractivity contribution is 6.05. The van der Waals surface area contributed by atoms with Crippen molar-refractivity contribution in [2.75, 3.05) is 19.1 Å². The van der Waals surface area contributed by atoms with Crippen molar-refractivity contribution in [1.29, 1.82) is 0 Å². The number of carbonyl (C=O) groups excluding carboxylic acids is 2. The van der Waals surface area contributed by atoms with E-state index < -0.39 is 46.6 Å².